The molecule has 2 aliphatic rings. The Bertz CT molecular complexity index is 612. The Hall–Kier alpha value is -1.89. The number of rotatable bonds is 5. The number of nitrogens with one attached hydrogen (secondary N) is 2. The lowest BCUT2D eigenvalue weighted by atomic mass is 10.0. The maximum Gasteiger partial charge on any atom is 0.325 e. The van der Waals surface area contributed by atoms with E-state index in [-0.39, 0.29) is 24.4 Å². The van der Waals surface area contributed by atoms with Gasteiger partial charge in [0.05, 0.1) is 0 Å². The molecule has 2 atom stereocenters. The highest BCUT2D eigenvalue weighted by Gasteiger charge is 2.50. The molecule has 0 radical (unpaired) electrons. The summed E-state index contributed by atoms with van der Waals surface area (Å²) in [6, 6.07) is 3.21. The molecule has 7 heteroatoms. The molecule has 0 unspecified atom stereocenters. The van der Waals surface area contributed by atoms with Gasteiger partial charge in [0.1, 0.15) is 6.54 Å². The van der Waals surface area contributed by atoms with Crippen molar-refractivity contribution in [3.63, 3.8) is 0 Å². The zero-order valence-electron chi connectivity index (χ0n) is 12.6. The SMILES string of the molecule is C[C@@H](NC(=O)CN1C(=O)N[C@](C)(c2cccs2)C1=O)C1CC1. The van der Waals surface area contributed by atoms with E-state index in [4.69, 9.17) is 0 Å². The van der Waals surface area contributed by atoms with Crippen LogP contribution in [-0.2, 0) is 15.1 Å². The molecule has 6 nitrogen and oxygen atoms in total. The van der Waals surface area contributed by atoms with Gasteiger partial charge in [-0.05, 0) is 44.1 Å². The minimum absolute atomic E-state index is 0.0944. The van der Waals surface area contributed by atoms with Gasteiger partial charge in [0, 0.05) is 10.9 Å². The first-order valence-corrected chi connectivity index (χ1v) is 8.27. The summed E-state index contributed by atoms with van der Waals surface area (Å²) in [6.45, 7) is 3.39. The van der Waals surface area contributed by atoms with E-state index in [0.717, 1.165) is 22.6 Å². The third-order valence-corrected chi connectivity index (χ3v) is 5.40. The summed E-state index contributed by atoms with van der Waals surface area (Å²) in [4.78, 5) is 38.5. The van der Waals surface area contributed by atoms with E-state index in [2.05, 4.69) is 10.6 Å². The van der Waals surface area contributed by atoms with Crippen LogP contribution in [0, 0.1) is 5.92 Å². The largest absolute Gasteiger partial charge is 0.352 e. The molecule has 1 aliphatic heterocycles. The van der Waals surface area contributed by atoms with E-state index in [1.54, 1.807) is 6.92 Å². The van der Waals surface area contributed by atoms with Crippen molar-refractivity contribution < 1.29 is 14.4 Å². The number of imide groups is 1. The van der Waals surface area contributed by atoms with Crippen molar-refractivity contribution in [2.24, 2.45) is 5.92 Å². The van der Waals surface area contributed by atoms with Crippen molar-refractivity contribution in [1.82, 2.24) is 15.5 Å². The van der Waals surface area contributed by atoms with Gasteiger partial charge in [-0.25, -0.2) is 4.79 Å². The van der Waals surface area contributed by atoms with Crippen LogP contribution in [0.5, 0.6) is 0 Å². The molecule has 2 fully saturated rings. The van der Waals surface area contributed by atoms with Crippen LogP contribution in [0.25, 0.3) is 0 Å². The van der Waals surface area contributed by atoms with Gasteiger partial charge in [0.15, 0.2) is 5.54 Å². The second-order valence-electron chi connectivity index (χ2n) is 6.12. The summed E-state index contributed by atoms with van der Waals surface area (Å²) in [6.07, 6.45) is 2.25. The summed E-state index contributed by atoms with van der Waals surface area (Å²) in [5, 5.41) is 7.41. The maximum absolute atomic E-state index is 12.6. The minimum Gasteiger partial charge on any atom is -0.352 e. The van der Waals surface area contributed by atoms with Crippen molar-refractivity contribution in [2.75, 3.05) is 6.54 Å². The molecule has 2 N–H and O–H groups in total. The first-order chi connectivity index (χ1) is 10.4. The van der Waals surface area contributed by atoms with Crippen molar-refractivity contribution in [1.29, 1.82) is 0 Å². The first-order valence-electron chi connectivity index (χ1n) is 7.39. The quantitative estimate of drug-likeness (QED) is 0.805. The molecule has 0 spiro atoms. The second kappa shape index (κ2) is 5.39. The van der Waals surface area contributed by atoms with Crippen molar-refractivity contribution in [3.8, 4) is 0 Å². The average molecular weight is 321 g/mol. The molecule has 1 saturated heterocycles. The van der Waals surface area contributed by atoms with Crippen LogP contribution in [0.1, 0.15) is 31.6 Å². The highest BCUT2D eigenvalue weighted by atomic mass is 32.1. The summed E-state index contributed by atoms with van der Waals surface area (Å²) >= 11 is 1.41. The van der Waals surface area contributed by atoms with E-state index >= 15 is 0 Å². The van der Waals surface area contributed by atoms with Crippen LogP contribution in [0.4, 0.5) is 4.79 Å². The Kier molecular flexibility index (Phi) is 3.68. The highest BCUT2D eigenvalue weighted by molar-refractivity contribution is 7.10. The average Bonchev–Trinajstić information content (AvgIpc) is 3.12. The molecule has 1 aromatic rings. The third kappa shape index (κ3) is 2.61. The van der Waals surface area contributed by atoms with E-state index in [9.17, 15) is 14.4 Å². The van der Waals surface area contributed by atoms with Crippen LogP contribution in [0.2, 0.25) is 0 Å². The Morgan fingerprint density at radius 3 is 2.86 bits per heavy atom. The van der Waals surface area contributed by atoms with Crippen LogP contribution >= 0.6 is 11.3 Å². The smallest absolute Gasteiger partial charge is 0.325 e. The van der Waals surface area contributed by atoms with Gasteiger partial charge in [-0.3, -0.25) is 14.5 Å². The third-order valence-electron chi connectivity index (χ3n) is 4.31. The van der Waals surface area contributed by atoms with Crippen LogP contribution in [0.15, 0.2) is 17.5 Å². The fourth-order valence-corrected chi connectivity index (χ4v) is 3.56. The summed E-state index contributed by atoms with van der Waals surface area (Å²) in [5.74, 6) is -0.143. The second-order valence-corrected chi connectivity index (χ2v) is 7.07. The molecular formula is C15H19N3O3S. The van der Waals surface area contributed by atoms with Gasteiger partial charge >= 0.3 is 6.03 Å². The fraction of sp³-hybridized carbons (Fsp3) is 0.533. The number of amides is 4. The van der Waals surface area contributed by atoms with Gasteiger partial charge in [0.2, 0.25) is 5.91 Å². The number of nitrogens with zero attached hydrogens (tertiary/aromatic N) is 1. The molecule has 22 heavy (non-hydrogen) atoms. The Labute approximate surface area is 132 Å². The van der Waals surface area contributed by atoms with Gasteiger partial charge in [-0.2, -0.15) is 0 Å². The van der Waals surface area contributed by atoms with E-state index in [1.165, 1.54) is 11.3 Å². The van der Waals surface area contributed by atoms with Crippen molar-refractivity contribution in [3.05, 3.63) is 22.4 Å². The van der Waals surface area contributed by atoms with Gasteiger partial charge in [0.25, 0.3) is 5.91 Å². The lowest BCUT2D eigenvalue weighted by molar-refractivity contribution is -0.135. The molecule has 1 aliphatic carbocycles. The molecule has 118 valence electrons. The van der Waals surface area contributed by atoms with Crippen LogP contribution in [-0.4, -0.2) is 35.3 Å². The minimum atomic E-state index is -1.08. The Morgan fingerprint density at radius 1 is 1.55 bits per heavy atom. The molecular weight excluding hydrogens is 302 g/mol. The van der Waals surface area contributed by atoms with Crippen LogP contribution in [0.3, 0.4) is 0 Å². The standard InChI is InChI=1S/C15H19N3O3S/c1-9(10-5-6-10)16-12(19)8-18-13(20)15(2,17-14(18)21)11-4-3-7-22-11/h3-4,7,9-10H,5-6,8H2,1-2H3,(H,16,19)(H,17,21)/t9-,15-/m1/s1. The molecule has 0 aromatic carbocycles. The summed E-state index contributed by atoms with van der Waals surface area (Å²) < 4.78 is 0. The lowest BCUT2D eigenvalue weighted by Crippen LogP contribution is -2.45. The fourth-order valence-electron chi connectivity index (χ4n) is 2.73. The molecule has 4 amide bonds. The Morgan fingerprint density at radius 2 is 2.27 bits per heavy atom. The monoisotopic (exact) mass is 321 g/mol. The molecule has 3 rings (SSSR count). The molecule has 1 aromatic heterocycles. The molecule has 2 heterocycles. The van der Waals surface area contributed by atoms with E-state index in [1.807, 2.05) is 24.4 Å². The molecule has 0 bridgehead atoms. The predicted octanol–water partition coefficient (Wildman–Crippen LogP) is 1.43. The Balaban J connectivity index is 1.68. The van der Waals surface area contributed by atoms with Gasteiger partial charge in [-0.15, -0.1) is 11.3 Å². The van der Waals surface area contributed by atoms with Gasteiger partial charge < -0.3 is 10.6 Å². The number of hydrogen-bond acceptors (Lipinski definition) is 4. The van der Waals surface area contributed by atoms with Gasteiger partial charge in [-0.1, -0.05) is 6.07 Å². The lowest BCUT2D eigenvalue weighted by Gasteiger charge is -2.20. The van der Waals surface area contributed by atoms with Crippen molar-refractivity contribution in [2.45, 2.75) is 38.3 Å². The molecule has 1 saturated carbocycles. The van der Waals surface area contributed by atoms with Crippen molar-refractivity contribution >= 4 is 29.2 Å². The predicted molar refractivity (Wildman–Crippen MR) is 82.2 cm³/mol. The normalized spacial score (nSPS) is 26.0. The summed E-state index contributed by atoms with van der Waals surface area (Å²) in [5.41, 5.74) is -1.08. The van der Waals surface area contributed by atoms with E-state index in [0.29, 0.717) is 5.92 Å². The maximum atomic E-state index is 12.6. The number of hydrogen-bond donors (Lipinski definition) is 2. The number of urea groups is 1. The number of carbonyl (C=O) groups is 3. The van der Waals surface area contributed by atoms with Crippen LogP contribution < -0.4 is 10.6 Å². The zero-order valence-corrected chi connectivity index (χ0v) is 13.4. The number of carbonyl (C=O) groups excluding carboxylic acids is 3. The highest BCUT2D eigenvalue weighted by Crippen LogP contribution is 2.33. The summed E-state index contributed by atoms with van der Waals surface area (Å²) in [7, 11) is 0. The topological polar surface area (TPSA) is 78.5 Å². The zero-order chi connectivity index (χ0) is 15.9. The first kappa shape index (κ1) is 15.0. The number of thiophene rings is 1. The van der Waals surface area contributed by atoms with E-state index < -0.39 is 11.6 Å².